The lowest BCUT2D eigenvalue weighted by Crippen LogP contribution is -2.22. The number of rotatable bonds is 14. The van der Waals surface area contributed by atoms with Crippen LogP contribution in [0.3, 0.4) is 0 Å². The first-order valence-corrected chi connectivity index (χ1v) is 20.4. The molecule has 13 heteroatoms. The van der Waals surface area contributed by atoms with Crippen LogP contribution >= 0.6 is 0 Å². The summed E-state index contributed by atoms with van der Waals surface area (Å²) in [6, 6.07) is 29.7. The molecule has 2 saturated heterocycles. The molecule has 7 aromatic rings. The van der Waals surface area contributed by atoms with Crippen molar-refractivity contribution in [2.75, 3.05) is 49.9 Å². The normalized spacial score (nSPS) is 14.8. The Morgan fingerprint density at radius 3 is 1.48 bits per heavy atom. The summed E-state index contributed by atoms with van der Waals surface area (Å²) in [4.78, 5) is 35.2. The Kier molecular flexibility index (Phi) is 11.0. The SMILES string of the molecule is O=C(CCCN1CCCC1)Nc1cccc(-c2cn(-c3ccc4cc5ccc(-n6cc(-c7cccc(NC(=O)CCCN8CCCC8)c7)nn6)cc5nc4c3)nn2)c1. The molecule has 5 heterocycles. The third kappa shape index (κ3) is 8.80. The molecule has 13 nitrogen and oxygen atoms in total. The molecule has 2 aliphatic rings. The molecule has 0 aliphatic carbocycles. The van der Waals surface area contributed by atoms with Crippen molar-refractivity contribution in [3.05, 3.63) is 103 Å². The van der Waals surface area contributed by atoms with Crippen molar-refractivity contribution in [2.45, 2.75) is 51.4 Å². The first-order valence-electron chi connectivity index (χ1n) is 20.4. The maximum absolute atomic E-state index is 12.7. The molecule has 2 aliphatic heterocycles. The summed E-state index contributed by atoms with van der Waals surface area (Å²) in [7, 11) is 0. The molecule has 9 rings (SSSR count). The van der Waals surface area contributed by atoms with Crippen LogP contribution in [-0.4, -0.2) is 95.9 Å². The molecule has 4 aromatic carbocycles. The Morgan fingerprint density at radius 1 is 0.552 bits per heavy atom. The zero-order valence-electron chi connectivity index (χ0n) is 32.6. The molecule has 58 heavy (non-hydrogen) atoms. The number of hydrogen-bond acceptors (Lipinski definition) is 9. The quantitative estimate of drug-likeness (QED) is 0.108. The second kappa shape index (κ2) is 17.0. The second-order valence-corrected chi connectivity index (χ2v) is 15.4. The average molecular weight is 774 g/mol. The second-order valence-electron chi connectivity index (χ2n) is 15.4. The van der Waals surface area contributed by atoms with E-state index < -0.39 is 0 Å². The van der Waals surface area contributed by atoms with Crippen molar-refractivity contribution in [2.24, 2.45) is 0 Å². The van der Waals surface area contributed by atoms with Crippen molar-refractivity contribution in [3.63, 3.8) is 0 Å². The third-order valence-corrected chi connectivity index (χ3v) is 11.1. The highest BCUT2D eigenvalue weighted by molar-refractivity contribution is 5.94. The number of pyridine rings is 1. The number of carbonyl (C=O) groups excluding carboxylic acids is 2. The largest absolute Gasteiger partial charge is 0.326 e. The van der Waals surface area contributed by atoms with Gasteiger partial charge in [0.15, 0.2) is 0 Å². The van der Waals surface area contributed by atoms with Crippen LogP contribution in [0.4, 0.5) is 11.4 Å². The summed E-state index contributed by atoms with van der Waals surface area (Å²) in [5.41, 5.74) is 7.94. The van der Waals surface area contributed by atoms with Crippen molar-refractivity contribution in [1.29, 1.82) is 0 Å². The summed E-state index contributed by atoms with van der Waals surface area (Å²) in [5.74, 6) is 0.0495. The van der Waals surface area contributed by atoms with E-state index in [1.54, 1.807) is 9.36 Å². The fourth-order valence-corrected chi connectivity index (χ4v) is 8.03. The Bertz CT molecular complexity index is 2390. The van der Waals surface area contributed by atoms with Gasteiger partial charge in [-0.25, -0.2) is 14.3 Å². The predicted octanol–water partition coefficient (Wildman–Crippen LogP) is 7.51. The van der Waals surface area contributed by atoms with Crippen LogP contribution in [0.5, 0.6) is 0 Å². The average Bonchev–Trinajstić information content (AvgIpc) is 4.09. The molecule has 0 bridgehead atoms. The fourth-order valence-electron chi connectivity index (χ4n) is 8.03. The fraction of sp³-hybridized carbons (Fsp3) is 0.311. The Labute approximate surface area is 337 Å². The van der Waals surface area contributed by atoms with E-state index in [4.69, 9.17) is 4.98 Å². The van der Waals surface area contributed by atoms with Gasteiger partial charge in [0.25, 0.3) is 0 Å². The van der Waals surface area contributed by atoms with Crippen molar-refractivity contribution >= 4 is 45.0 Å². The van der Waals surface area contributed by atoms with Gasteiger partial charge in [-0.3, -0.25) is 9.59 Å². The lowest BCUT2D eigenvalue weighted by atomic mass is 10.1. The van der Waals surface area contributed by atoms with Crippen molar-refractivity contribution in [3.8, 4) is 33.9 Å². The summed E-state index contributed by atoms with van der Waals surface area (Å²) in [6.45, 7) is 6.52. The number of anilines is 2. The molecular formula is C45H47N11O2. The predicted molar refractivity (Wildman–Crippen MR) is 227 cm³/mol. The minimum Gasteiger partial charge on any atom is -0.326 e. The van der Waals surface area contributed by atoms with Gasteiger partial charge in [-0.15, -0.1) is 10.2 Å². The summed E-state index contributed by atoms with van der Waals surface area (Å²) in [6.07, 6.45) is 11.5. The van der Waals surface area contributed by atoms with Crippen LogP contribution in [0, 0.1) is 0 Å². The van der Waals surface area contributed by atoms with Gasteiger partial charge in [-0.1, -0.05) is 46.8 Å². The maximum Gasteiger partial charge on any atom is 0.224 e. The van der Waals surface area contributed by atoms with Crippen molar-refractivity contribution < 1.29 is 9.59 Å². The summed E-state index contributed by atoms with van der Waals surface area (Å²) >= 11 is 0. The Hall–Kier alpha value is -6.31. The Morgan fingerprint density at radius 2 is 1.02 bits per heavy atom. The minimum atomic E-state index is 0.0248. The maximum atomic E-state index is 12.7. The number of likely N-dealkylation sites (tertiary alicyclic amines) is 2. The molecule has 0 saturated carbocycles. The van der Waals surface area contributed by atoms with Crippen LogP contribution < -0.4 is 10.6 Å². The van der Waals surface area contributed by atoms with Gasteiger partial charge in [0.05, 0.1) is 34.8 Å². The standard InChI is InChI=1S/C45H47N11O2/c57-44(13-7-23-53-19-1-2-20-53)46-36-11-5-9-32(26-36)42-30-55(51-49-42)38-17-15-34-25-35-16-18-39(29-41(35)48-40(34)28-38)56-31-43(50-52-56)33-10-6-12-37(27-33)47-45(58)14-8-24-54-21-3-4-22-54/h5-6,9-12,15-18,25-31H,1-4,7-8,13-14,19-24H2,(H,46,57)(H,47,58). The van der Waals surface area contributed by atoms with Crippen LogP contribution in [-0.2, 0) is 9.59 Å². The third-order valence-electron chi connectivity index (χ3n) is 11.1. The van der Waals surface area contributed by atoms with Crippen LogP contribution in [0.2, 0.25) is 0 Å². The number of hydrogen-bond donors (Lipinski definition) is 2. The molecule has 2 amide bonds. The van der Waals surface area contributed by atoms with Gasteiger partial charge in [0, 0.05) is 46.1 Å². The van der Waals surface area contributed by atoms with Crippen LogP contribution in [0.25, 0.3) is 55.7 Å². The molecule has 294 valence electrons. The van der Waals surface area contributed by atoms with E-state index in [-0.39, 0.29) is 11.8 Å². The summed E-state index contributed by atoms with van der Waals surface area (Å²) in [5, 5.41) is 25.9. The van der Waals surface area contributed by atoms with Gasteiger partial charge in [-0.2, -0.15) is 0 Å². The molecular weight excluding hydrogens is 727 g/mol. The molecule has 0 spiro atoms. The highest BCUT2D eigenvalue weighted by atomic mass is 16.2. The number of carbonyl (C=O) groups is 2. The van der Waals surface area contributed by atoms with Gasteiger partial charge in [-0.05, 0) is 132 Å². The molecule has 2 N–H and O–H groups in total. The number of aromatic nitrogens is 7. The first kappa shape index (κ1) is 37.3. The number of benzene rings is 4. The monoisotopic (exact) mass is 773 g/mol. The molecule has 0 radical (unpaired) electrons. The number of amides is 2. The van der Waals surface area contributed by atoms with Gasteiger partial charge >= 0.3 is 0 Å². The molecule has 0 unspecified atom stereocenters. The number of fused-ring (bicyclic) bond motifs is 2. The first-order chi connectivity index (χ1) is 28.5. The minimum absolute atomic E-state index is 0.0248. The van der Waals surface area contributed by atoms with E-state index in [2.05, 4.69) is 47.1 Å². The van der Waals surface area contributed by atoms with Crippen molar-refractivity contribution in [1.82, 2.24) is 44.8 Å². The topological polar surface area (TPSA) is 139 Å². The Balaban J connectivity index is 0.863. The van der Waals surface area contributed by atoms with Gasteiger partial charge < -0.3 is 20.4 Å². The van der Waals surface area contributed by atoms with E-state index in [9.17, 15) is 9.59 Å². The number of nitrogens with one attached hydrogen (secondary N) is 2. The van der Waals surface area contributed by atoms with E-state index in [0.29, 0.717) is 24.2 Å². The lowest BCUT2D eigenvalue weighted by molar-refractivity contribution is -0.117. The zero-order valence-corrected chi connectivity index (χ0v) is 32.6. The molecule has 0 atom stereocenters. The molecule has 2 fully saturated rings. The van der Waals surface area contributed by atoms with E-state index >= 15 is 0 Å². The highest BCUT2D eigenvalue weighted by Gasteiger charge is 2.15. The smallest absolute Gasteiger partial charge is 0.224 e. The van der Waals surface area contributed by atoms with E-state index in [1.807, 2.05) is 97.3 Å². The van der Waals surface area contributed by atoms with Crippen LogP contribution in [0.15, 0.2) is 103 Å². The van der Waals surface area contributed by atoms with Crippen LogP contribution in [0.1, 0.15) is 51.4 Å². The van der Waals surface area contributed by atoms with Gasteiger partial charge in [0.1, 0.15) is 11.4 Å². The summed E-state index contributed by atoms with van der Waals surface area (Å²) < 4.78 is 3.49. The lowest BCUT2D eigenvalue weighted by Gasteiger charge is -2.13. The highest BCUT2D eigenvalue weighted by Crippen LogP contribution is 2.27. The van der Waals surface area contributed by atoms with E-state index in [0.717, 1.165) is 108 Å². The number of nitrogens with zero attached hydrogens (tertiary/aromatic N) is 9. The van der Waals surface area contributed by atoms with E-state index in [1.165, 1.54) is 25.7 Å². The van der Waals surface area contributed by atoms with Gasteiger partial charge in [0.2, 0.25) is 11.8 Å². The molecule has 3 aromatic heterocycles. The zero-order chi connectivity index (χ0) is 39.3.